The molecular formula is C16H24N2O4S. The molecule has 0 heterocycles. The molecule has 1 aromatic carbocycles. The van der Waals surface area contributed by atoms with Gasteiger partial charge in [0.25, 0.3) is 0 Å². The highest BCUT2D eigenvalue weighted by Gasteiger charge is 2.23. The van der Waals surface area contributed by atoms with Crippen LogP contribution in [-0.2, 0) is 14.8 Å². The van der Waals surface area contributed by atoms with Crippen molar-refractivity contribution in [1.82, 2.24) is 4.72 Å². The Morgan fingerprint density at radius 2 is 1.83 bits per heavy atom. The fourth-order valence-electron chi connectivity index (χ4n) is 2.88. The van der Waals surface area contributed by atoms with Crippen LogP contribution in [0.25, 0.3) is 0 Å². The maximum atomic E-state index is 12.2. The average molecular weight is 340 g/mol. The summed E-state index contributed by atoms with van der Waals surface area (Å²) in [6.45, 7) is 1.42. The van der Waals surface area contributed by atoms with E-state index in [0.29, 0.717) is 5.69 Å². The molecule has 1 fully saturated rings. The van der Waals surface area contributed by atoms with Gasteiger partial charge in [-0.1, -0.05) is 19.3 Å². The molecular weight excluding hydrogens is 316 g/mol. The molecule has 1 amide bonds. The number of carbonyl (C=O) groups excluding carboxylic acids is 1. The van der Waals surface area contributed by atoms with Crippen molar-refractivity contribution >= 4 is 21.6 Å². The standard InChI is InChI=1S/C16H24N2O4S/c1-12(19)18-14-7-9-15(10-8-14)23(21,22)17-11-16(20)13-5-3-2-4-6-13/h7-10,13,16-17,20H,2-6,11H2,1H3,(H,18,19)/t16-/m0/s1. The minimum absolute atomic E-state index is 0.0282. The lowest BCUT2D eigenvalue weighted by Gasteiger charge is -2.26. The molecule has 3 N–H and O–H groups in total. The van der Waals surface area contributed by atoms with Gasteiger partial charge >= 0.3 is 0 Å². The number of sulfonamides is 1. The maximum Gasteiger partial charge on any atom is 0.240 e. The number of hydrogen-bond donors (Lipinski definition) is 3. The summed E-state index contributed by atoms with van der Waals surface area (Å²) in [5, 5.41) is 12.7. The Balaban J connectivity index is 1.94. The van der Waals surface area contributed by atoms with Gasteiger partial charge in [-0.2, -0.15) is 0 Å². The number of rotatable bonds is 6. The summed E-state index contributed by atoms with van der Waals surface area (Å²) in [6, 6.07) is 5.93. The van der Waals surface area contributed by atoms with Crippen molar-refractivity contribution in [2.24, 2.45) is 5.92 Å². The van der Waals surface area contributed by atoms with Crippen molar-refractivity contribution in [1.29, 1.82) is 0 Å². The molecule has 23 heavy (non-hydrogen) atoms. The van der Waals surface area contributed by atoms with Crippen LogP contribution in [0.2, 0.25) is 0 Å². The topological polar surface area (TPSA) is 95.5 Å². The first-order chi connectivity index (χ1) is 10.9. The van der Waals surface area contributed by atoms with E-state index in [4.69, 9.17) is 0 Å². The van der Waals surface area contributed by atoms with E-state index in [9.17, 15) is 18.3 Å². The van der Waals surface area contributed by atoms with E-state index >= 15 is 0 Å². The van der Waals surface area contributed by atoms with Gasteiger partial charge in [-0.25, -0.2) is 13.1 Å². The Kier molecular flexibility index (Phi) is 6.15. The molecule has 0 aromatic heterocycles. The first kappa shape index (κ1) is 17.9. The summed E-state index contributed by atoms with van der Waals surface area (Å²) in [7, 11) is -3.66. The number of benzene rings is 1. The van der Waals surface area contributed by atoms with Crippen LogP contribution in [0, 0.1) is 5.92 Å². The second kappa shape index (κ2) is 7.90. The third-order valence-electron chi connectivity index (χ3n) is 4.16. The van der Waals surface area contributed by atoms with Crippen LogP contribution in [0.5, 0.6) is 0 Å². The Hall–Kier alpha value is -1.44. The second-order valence-corrected chi connectivity index (χ2v) is 7.79. The molecule has 0 unspecified atom stereocenters. The van der Waals surface area contributed by atoms with E-state index in [0.717, 1.165) is 25.7 Å². The van der Waals surface area contributed by atoms with Crippen molar-refractivity contribution in [3.8, 4) is 0 Å². The van der Waals surface area contributed by atoms with Crippen LogP contribution in [0.4, 0.5) is 5.69 Å². The summed E-state index contributed by atoms with van der Waals surface area (Å²) >= 11 is 0. The Morgan fingerprint density at radius 3 is 2.39 bits per heavy atom. The molecule has 0 spiro atoms. The van der Waals surface area contributed by atoms with Gasteiger partial charge in [0, 0.05) is 19.2 Å². The van der Waals surface area contributed by atoms with Crippen molar-refractivity contribution in [2.45, 2.75) is 50.0 Å². The molecule has 128 valence electrons. The summed E-state index contributed by atoms with van der Waals surface area (Å²) in [5.74, 6) is -0.0390. The highest BCUT2D eigenvalue weighted by Crippen LogP contribution is 2.26. The molecule has 0 saturated heterocycles. The zero-order valence-corrected chi connectivity index (χ0v) is 14.1. The molecule has 0 radical (unpaired) electrons. The van der Waals surface area contributed by atoms with Crippen molar-refractivity contribution in [3.63, 3.8) is 0 Å². The number of anilines is 1. The Bertz CT molecular complexity index is 622. The number of aliphatic hydroxyl groups is 1. The molecule has 0 aliphatic heterocycles. The number of carbonyl (C=O) groups is 1. The fraction of sp³-hybridized carbons (Fsp3) is 0.562. The van der Waals surface area contributed by atoms with Gasteiger partial charge in [0.2, 0.25) is 15.9 Å². The molecule has 0 bridgehead atoms. The molecule has 1 aromatic rings. The van der Waals surface area contributed by atoms with Crippen LogP contribution in [-0.4, -0.2) is 32.1 Å². The molecule has 2 rings (SSSR count). The fourth-order valence-corrected chi connectivity index (χ4v) is 3.94. The lowest BCUT2D eigenvalue weighted by atomic mass is 9.85. The van der Waals surface area contributed by atoms with Gasteiger partial charge in [0.05, 0.1) is 11.0 Å². The summed E-state index contributed by atoms with van der Waals surface area (Å²) in [5.41, 5.74) is 0.540. The summed E-state index contributed by atoms with van der Waals surface area (Å²) in [6.07, 6.45) is 4.64. The van der Waals surface area contributed by atoms with Gasteiger partial charge < -0.3 is 10.4 Å². The van der Waals surface area contributed by atoms with E-state index < -0.39 is 16.1 Å². The van der Waals surface area contributed by atoms with Crippen molar-refractivity contribution in [2.75, 3.05) is 11.9 Å². The van der Waals surface area contributed by atoms with Gasteiger partial charge in [-0.3, -0.25) is 4.79 Å². The van der Waals surface area contributed by atoms with E-state index in [-0.39, 0.29) is 23.3 Å². The second-order valence-electron chi connectivity index (χ2n) is 6.02. The third-order valence-corrected chi connectivity index (χ3v) is 5.60. The van der Waals surface area contributed by atoms with E-state index in [1.165, 1.54) is 37.6 Å². The first-order valence-corrected chi connectivity index (χ1v) is 9.42. The highest BCUT2D eigenvalue weighted by molar-refractivity contribution is 7.89. The highest BCUT2D eigenvalue weighted by atomic mass is 32.2. The molecule has 7 heteroatoms. The van der Waals surface area contributed by atoms with Crippen LogP contribution in [0.15, 0.2) is 29.2 Å². The van der Waals surface area contributed by atoms with Gasteiger partial charge in [0.1, 0.15) is 0 Å². The Morgan fingerprint density at radius 1 is 1.22 bits per heavy atom. The average Bonchev–Trinajstić information content (AvgIpc) is 2.53. The van der Waals surface area contributed by atoms with Crippen molar-refractivity contribution < 1.29 is 18.3 Å². The van der Waals surface area contributed by atoms with Crippen LogP contribution >= 0.6 is 0 Å². The molecule has 1 aliphatic carbocycles. The minimum atomic E-state index is -3.66. The van der Waals surface area contributed by atoms with Crippen molar-refractivity contribution in [3.05, 3.63) is 24.3 Å². The van der Waals surface area contributed by atoms with Crippen LogP contribution < -0.4 is 10.0 Å². The number of amides is 1. The summed E-state index contributed by atoms with van der Waals surface area (Å²) < 4.78 is 27.0. The smallest absolute Gasteiger partial charge is 0.240 e. The van der Waals surface area contributed by atoms with Crippen LogP contribution in [0.3, 0.4) is 0 Å². The predicted molar refractivity (Wildman–Crippen MR) is 88.5 cm³/mol. The number of nitrogens with one attached hydrogen (secondary N) is 2. The predicted octanol–water partition coefficient (Wildman–Crippen LogP) is 1.86. The SMILES string of the molecule is CC(=O)Nc1ccc(S(=O)(=O)NC[C@H](O)C2CCCCC2)cc1. The Labute approximate surface area is 137 Å². The summed E-state index contributed by atoms with van der Waals surface area (Å²) in [4.78, 5) is 11.1. The lowest BCUT2D eigenvalue weighted by molar-refractivity contribution is -0.114. The third kappa shape index (κ3) is 5.30. The normalized spacial score (nSPS) is 17.7. The number of hydrogen-bond acceptors (Lipinski definition) is 4. The zero-order chi connectivity index (χ0) is 16.9. The van der Waals surface area contributed by atoms with E-state index in [1.54, 1.807) is 0 Å². The molecule has 1 saturated carbocycles. The quantitative estimate of drug-likeness (QED) is 0.736. The van der Waals surface area contributed by atoms with Gasteiger partial charge in [0.15, 0.2) is 0 Å². The van der Waals surface area contributed by atoms with Gasteiger partial charge in [-0.15, -0.1) is 0 Å². The number of aliphatic hydroxyl groups excluding tert-OH is 1. The first-order valence-electron chi connectivity index (χ1n) is 7.94. The zero-order valence-electron chi connectivity index (χ0n) is 13.3. The monoisotopic (exact) mass is 340 g/mol. The molecule has 1 atom stereocenters. The maximum absolute atomic E-state index is 12.2. The van der Waals surface area contributed by atoms with Gasteiger partial charge in [-0.05, 0) is 43.0 Å². The minimum Gasteiger partial charge on any atom is -0.391 e. The molecule has 6 nitrogen and oxygen atoms in total. The molecule has 1 aliphatic rings. The largest absolute Gasteiger partial charge is 0.391 e. The van der Waals surface area contributed by atoms with E-state index in [2.05, 4.69) is 10.0 Å². The lowest BCUT2D eigenvalue weighted by Crippen LogP contribution is -2.37. The van der Waals surface area contributed by atoms with E-state index in [1.807, 2.05) is 0 Å². The van der Waals surface area contributed by atoms with Crippen LogP contribution in [0.1, 0.15) is 39.0 Å².